The fourth-order valence-electron chi connectivity index (χ4n) is 3.00. The van der Waals surface area contributed by atoms with E-state index < -0.39 is 29.3 Å². The van der Waals surface area contributed by atoms with Gasteiger partial charge in [-0.3, -0.25) is 0 Å². The van der Waals surface area contributed by atoms with E-state index in [4.69, 9.17) is 13.3 Å². The lowest BCUT2D eigenvalue weighted by molar-refractivity contribution is -0.0155. The third-order valence-electron chi connectivity index (χ3n) is 5.03. The van der Waals surface area contributed by atoms with E-state index >= 15 is 0 Å². The first-order valence-electron chi connectivity index (χ1n) is 9.71. The molecule has 0 saturated heterocycles. The molecule has 3 nitrogen and oxygen atoms in total. The maximum absolute atomic E-state index is 6.37. The van der Waals surface area contributed by atoms with E-state index in [0.717, 1.165) is 19.3 Å². The second-order valence-electron chi connectivity index (χ2n) is 6.92. The lowest BCUT2D eigenvalue weighted by Gasteiger charge is -2.37. The van der Waals surface area contributed by atoms with Gasteiger partial charge in [0.05, 0.1) is 12.2 Å². The van der Waals surface area contributed by atoms with Crippen LogP contribution >= 0.6 is 0 Å². The molecule has 27 heavy (non-hydrogen) atoms. The minimum atomic E-state index is -0.777. The molecule has 1 aliphatic rings. The van der Waals surface area contributed by atoms with Crippen LogP contribution in [-0.2, 0) is 13.3 Å². The zero-order chi connectivity index (χ0) is 20.1. The van der Waals surface area contributed by atoms with Gasteiger partial charge in [0.2, 0.25) is 0 Å². The van der Waals surface area contributed by atoms with Gasteiger partial charge in [-0.05, 0) is 19.3 Å². The molecule has 0 aliphatic heterocycles. The molecule has 1 fully saturated rings. The normalized spacial score (nSPS) is 23.9. The maximum Gasteiger partial charge on any atom is 0.172 e. The molecule has 0 radical (unpaired) electrons. The van der Waals surface area contributed by atoms with Crippen LogP contribution in [-0.4, -0.2) is 47.6 Å². The first kappa shape index (κ1) is 24.0. The molecule has 1 aliphatic carbocycles. The van der Waals surface area contributed by atoms with Crippen molar-refractivity contribution in [3.05, 3.63) is 75.9 Å². The van der Waals surface area contributed by atoms with Crippen molar-refractivity contribution in [2.75, 3.05) is 0 Å². The predicted octanol–water partition coefficient (Wildman–Crippen LogP) is 3.06. The molecule has 3 unspecified atom stereocenters. The minimum absolute atomic E-state index is 0.0977. The number of rotatable bonds is 15. The highest BCUT2D eigenvalue weighted by Gasteiger charge is 2.32. The van der Waals surface area contributed by atoms with E-state index in [-0.39, 0.29) is 18.3 Å². The van der Waals surface area contributed by atoms with Crippen molar-refractivity contribution in [2.24, 2.45) is 0 Å². The van der Waals surface area contributed by atoms with E-state index in [9.17, 15) is 0 Å². The molecular weight excluding hydrogens is 384 g/mol. The second-order valence-corrected chi connectivity index (χ2v) is 11.7. The average Bonchev–Trinajstić information content (AvgIpc) is 2.71. The van der Waals surface area contributed by atoms with E-state index in [0.29, 0.717) is 16.6 Å². The molecule has 150 valence electrons. The molecule has 1 saturated carbocycles. The highest BCUT2D eigenvalue weighted by atomic mass is 28.2. The lowest BCUT2D eigenvalue weighted by atomic mass is 9.93. The standard InChI is InChI=1S/C21H36O3Si3/c1-7-17(8-2)25-22-16-13-14-20(23-26-18(9-3)10-4)21(15-16)24-27-19(11-5)12-6/h7-12,16-21H,1-6,13-15,25-27H2. The van der Waals surface area contributed by atoms with Gasteiger partial charge in [-0.2, -0.15) is 0 Å². The van der Waals surface area contributed by atoms with Crippen molar-refractivity contribution >= 4 is 29.3 Å². The van der Waals surface area contributed by atoms with Crippen LogP contribution in [0.3, 0.4) is 0 Å². The van der Waals surface area contributed by atoms with Crippen molar-refractivity contribution < 1.29 is 13.3 Å². The molecule has 0 aromatic rings. The van der Waals surface area contributed by atoms with Gasteiger partial charge in [0.25, 0.3) is 0 Å². The first-order valence-corrected chi connectivity index (χ1v) is 13.9. The molecule has 0 aromatic carbocycles. The van der Waals surface area contributed by atoms with Gasteiger partial charge in [0.1, 0.15) is 0 Å². The lowest BCUT2D eigenvalue weighted by Crippen LogP contribution is -2.43. The summed E-state index contributed by atoms with van der Waals surface area (Å²) in [7, 11) is -2.22. The van der Waals surface area contributed by atoms with Gasteiger partial charge >= 0.3 is 0 Å². The summed E-state index contributed by atoms with van der Waals surface area (Å²) in [6, 6.07) is 0. The number of allylic oxidation sites excluding steroid dienone is 6. The smallest absolute Gasteiger partial charge is 0.172 e. The molecule has 0 N–H and O–H groups in total. The minimum Gasteiger partial charge on any atom is -0.420 e. The summed E-state index contributed by atoms with van der Waals surface area (Å²) in [5.41, 5.74) is 0.921. The molecule has 3 atom stereocenters. The van der Waals surface area contributed by atoms with E-state index in [1.54, 1.807) is 0 Å². The van der Waals surface area contributed by atoms with Crippen LogP contribution in [0.1, 0.15) is 19.3 Å². The zero-order valence-electron chi connectivity index (χ0n) is 16.6. The molecule has 0 heterocycles. The highest BCUT2D eigenvalue weighted by molar-refractivity contribution is 6.32. The van der Waals surface area contributed by atoms with E-state index in [1.807, 2.05) is 36.5 Å². The van der Waals surface area contributed by atoms with Crippen LogP contribution in [0.25, 0.3) is 0 Å². The monoisotopic (exact) mass is 420 g/mol. The third kappa shape index (κ3) is 8.68. The zero-order valence-corrected chi connectivity index (χ0v) is 20.9. The van der Waals surface area contributed by atoms with Crippen molar-refractivity contribution in [3.8, 4) is 0 Å². The van der Waals surface area contributed by atoms with Crippen LogP contribution in [0.5, 0.6) is 0 Å². The fraction of sp³-hybridized carbons (Fsp3) is 0.429. The first-order chi connectivity index (χ1) is 13.1. The van der Waals surface area contributed by atoms with Gasteiger partial charge in [0, 0.05) is 22.7 Å². The number of hydrogen-bond donors (Lipinski definition) is 0. The summed E-state index contributed by atoms with van der Waals surface area (Å²) < 4.78 is 18.9. The summed E-state index contributed by atoms with van der Waals surface area (Å²) >= 11 is 0. The highest BCUT2D eigenvalue weighted by Crippen LogP contribution is 2.28. The molecule has 0 aromatic heterocycles. The number of hydrogen-bond acceptors (Lipinski definition) is 3. The summed E-state index contributed by atoms with van der Waals surface area (Å²) in [5, 5.41) is 0. The van der Waals surface area contributed by atoms with Crippen LogP contribution < -0.4 is 0 Å². The van der Waals surface area contributed by atoms with Gasteiger partial charge in [-0.1, -0.05) is 36.5 Å². The third-order valence-corrected chi connectivity index (χ3v) is 10.1. The fourth-order valence-corrected chi connectivity index (χ4v) is 6.28. The Hall–Kier alpha value is -1.03. The summed E-state index contributed by atoms with van der Waals surface area (Å²) in [5.74, 6) is 0. The van der Waals surface area contributed by atoms with Gasteiger partial charge in [-0.15, -0.1) is 39.5 Å². The SMILES string of the molecule is C=CC(C=C)[SiH2]OC1CCC(O[SiH2]C(C=C)C=C)C(O[SiH2]C(C=C)C=C)C1. The Kier molecular flexibility index (Phi) is 12.5. The van der Waals surface area contributed by atoms with Crippen molar-refractivity contribution in [3.63, 3.8) is 0 Å². The molecule has 0 spiro atoms. The summed E-state index contributed by atoms with van der Waals surface area (Å²) in [6.45, 7) is 23.2. The quantitative estimate of drug-likeness (QED) is 0.301. The Morgan fingerprint density at radius 1 is 0.593 bits per heavy atom. The molecule has 1 rings (SSSR count). The predicted molar refractivity (Wildman–Crippen MR) is 127 cm³/mol. The van der Waals surface area contributed by atoms with Crippen LogP contribution in [0.15, 0.2) is 75.9 Å². The Morgan fingerprint density at radius 3 is 1.44 bits per heavy atom. The van der Waals surface area contributed by atoms with Crippen molar-refractivity contribution in [1.82, 2.24) is 0 Å². The van der Waals surface area contributed by atoms with E-state index in [2.05, 4.69) is 39.5 Å². The average molecular weight is 421 g/mol. The van der Waals surface area contributed by atoms with Crippen molar-refractivity contribution in [2.45, 2.75) is 54.2 Å². The Morgan fingerprint density at radius 2 is 1.00 bits per heavy atom. The maximum atomic E-state index is 6.37. The molecule has 6 heteroatoms. The topological polar surface area (TPSA) is 27.7 Å². The molecule has 0 amide bonds. The largest absolute Gasteiger partial charge is 0.420 e. The van der Waals surface area contributed by atoms with Gasteiger partial charge < -0.3 is 13.3 Å². The van der Waals surface area contributed by atoms with Gasteiger partial charge in [-0.25, -0.2) is 0 Å². The van der Waals surface area contributed by atoms with Crippen LogP contribution in [0, 0.1) is 0 Å². The molecular formula is C21H36O3Si3. The van der Waals surface area contributed by atoms with Crippen LogP contribution in [0.2, 0.25) is 16.6 Å². The van der Waals surface area contributed by atoms with E-state index in [1.165, 1.54) is 0 Å². The summed E-state index contributed by atoms with van der Waals surface area (Å²) in [4.78, 5) is 0. The molecule has 0 bridgehead atoms. The Labute approximate surface area is 172 Å². The second kappa shape index (κ2) is 14.0. The van der Waals surface area contributed by atoms with Crippen molar-refractivity contribution in [1.29, 1.82) is 0 Å². The Balaban J connectivity index is 2.66. The summed E-state index contributed by atoms with van der Waals surface area (Å²) in [6.07, 6.45) is 15.0. The van der Waals surface area contributed by atoms with Crippen LogP contribution in [0.4, 0.5) is 0 Å². The Bertz CT molecular complexity index is 485. The van der Waals surface area contributed by atoms with Gasteiger partial charge in [0.15, 0.2) is 29.3 Å².